The molecular weight excluding hydrogens is 362 g/mol. The van der Waals surface area contributed by atoms with Gasteiger partial charge in [0.2, 0.25) is 0 Å². The lowest BCUT2D eigenvalue weighted by Crippen LogP contribution is -2.40. The zero-order valence-corrected chi connectivity index (χ0v) is 16.2. The summed E-state index contributed by atoms with van der Waals surface area (Å²) in [7, 11) is 0. The third-order valence-corrected chi connectivity index (χ3v) is 4.86. The predicted octanol–water partition coefficient (Wildman–Crippen LogP) is 4.07. The molecular formula is C23H23N5O. The van der Waals surface area contributed by atoms with E-state index in [-0.39, 0.29) is 18.1 Å². The van der Waals surface area contributed by atoms with Gasteiger partial charge in [0.05, 0.1) is 12.1 Å². The summed E-state index contributed by atoms with van der Waals surface area (Å²) in [6.07, 6.45) is 2.60. The molecule has 2 aromatic heterocycles. The summed E-state index contributed by atoms with van der Waals surface area (Å²) >= 11 is 0. The Kier molecular flexibility index (Phi) is 5.52. The van der Waals surface area contributed by atoms with Gasteiger partial charge in [0, 0.05) is 6.20 Å². The van der Waals surface area contributed by atoms with Gasteiger partial charge in [0.1, 0.15) is 0 Å². The average Bonchev–Trinajstić information content (AvgIpc) is 3.19. The number of carbonyl (C=O) groups is 1. The van der Waals surface area contributed by atoms with Crippen LogP contribution in [0.3, 0.4) is 0 Å². The number of hydrogen-bond donors (Lipinski definition) is 2. The van der Waals surface area contributed by atoms with Gasteiger partial charge in [-0.15, -0.1) is 10.2 Å². The number of amides is 2. The highest BCUT2D eigenvalue weighted by Crippen LogP contribution is 2.19. The van der Waals surface area contributed by atoms with Crippen LogP contribution in [0.5, 0.6) is 0 Å². The maximum atomic E-state index is 12.8. The number of nitrogens with zero attached hydrogens (tertiary/aromatic N) is 3. The summed E-state index contributed by atoms with van der Waals surface area (Å²) in [6, 6.07) is 25.2. The topological polar surface area (TPSA) is 71.3 Å². The lowest BCUT2D eigenvalue weighted by atomic mass is 9.99. The van der Waals surface area contributed by atoms with E-state index in [0.29, 0.717) is 12.2 Å². The summed E-state index contributed by atoms with van der Waals surface area (Å²) in [5.41, 5.74) is 2.98. The van der Waals surface area contributed by atoms with E-state index in [4.69, 9.17) is 0 Å². The zero-order chi connectivity index (χ0) is 20.1. The van der Waals surface area contributed by atoms with E-state index in [1.54, 1.807) is 0 Å². The zero-order valence-electron chi connectivity index (χ0n) is 16.2. The Labute approximate surface area is 169 Å². The van der Waals surface area contributed by atoms with Crippen molar-refractivity contribution in [2.75, 3.05) is 0 Å². The van der Waals surface area contributed by atoms with Crippen LogP contribution in [0.2, 0.25) is 0 Å². The molecule has 2 heterocycles. The lowest BCUT2D eigenvalue weighted by molar-refractivity contribution is 0.233. The molecule has 0 unspecified atom stereocenters. The normalized spacial score (nSPS) is 13.0. The quantitative estimate of drug-likeness (QED) is 0.525. The first-order valence-electron chi connectivity index (χ1n) is 9.66. The number of carbonyl (C=O) groups excluding carboxylic acids is 1. The standard InChI is InChI=1S/C23H23N5O/c1-17(22-27-26-21-14-8-9-15-28(21)22)24-23(29)25-20(19-12-6-3-7-13-19)16-18-10-4-2-5-11-18/h2-15,17,20H,16H2,1H3,(H2,24,25,29)/t17-,20+/m1/s1. The van der Waals surface area contributed by atoms with Crippen molar-refractivity contribution in [3.8, 4) is 0 Å². The van der Waals surface area contributed by atoms with E-state index < -0.39 is 0 Å². The first-order chi connectivity index (χ1) is 14.2. The van der Waals surface area contributed by atoms with Crippen molar-refractivity contribution in [3.05, 3.63) is 102 Å². The minimum Gasteiger partial charge on any atom is -0.331 e. The molecule has 0 saturated heterocycles. The molecule has 2 amide bonds. The molecule has 29 heavy (non-hydrogen) atoms. The van der Waals surface area contributed by atoms with Crippen LogP contribution < -0.4 is 10.6 Å². The van der Waals surface area contributed by atoms with Crippen molar-refractivity contribution < 1.29 is 4.79 Å². The molecule has 0 saturated carbocycles. The second-order valence-corrected chi connectivity index (χ2v) is 6.98. The summed E-state index contributed by atoms with van der Waals surface area (Å²) in [4.78, 5) is 12.8. The number of hydrogen-bond acceptors (Lipinski definition) is 3. The van der Waals surface area contributed by atoms with Crippen LogP contribution in [0.1, 0.15) is 36.0 Å². The van der Waals surface area contributed by atoms with Gasteiger partial charge in [0.25, 0.3) is 0 Å². The molecule has 4 rings (SSSR count). The van der Waals surface area contributed by atoms with Crippen LogP contribution in [-0.4, -0.2) is 20.6 Å². The molecule has 0 aliphatic rings. The molecule has 2 aromatic carbocycles. The Balaban J connectivity index is 1.49. The number of rotatable bonds is 6. The highest BCUT2D eigenvalue weighted by atomic mass is 16.2. The van der Waals surface area contributed by atoms with Crippen molar-refractivity contribution in [1.29, 1.82) is 0 Å². The molecule has 2 N–H and O–H groups in total. The number of urea groups is 1. The maximum absolute atomic E-state index is 12.8. The first kappa shape index (κ1) is 18.7. The summed E-state index contributed by atoms with van der Waals surface area (Å²) < 4.78 is 1.88. The number of aromatic nitrogens is 3. The number of nitrogens with one attached hydrogen (secondary N) is 2. The summed E-state index contributed by atoms with van der Waals surface area (Å²) in [5, 5.41) is 14.5. The van der Waals surface area contributed by atoms with E-state index in [0.717, 1.165) is 16.8 Å². The fourth-order valence-corrected chi connectivity index (χ4v) is 3.40. The average molecular weight is 385 g/mol. The van der Waals surface area contributed by atoms with Crippen molar-refractivity contribution in [1.82, 2.24) is 25.2 Å². The van der Waals surface area contributed by atoms with Crippen LogP contribution in [-0.2, 0) is 6.42 Å². The van der Waals surface area contributed by atoms with Gasteiger partial charge in [-0.05, 0) is 36.6 Å². The van der Waals surface area contributed by atoms with E-state index in [1.165, 1.54) is 0 Å². The highest BCUT2D eigenvalue weighted by Gasteiger charge is 2.19. The third kappa shape index (κ3) is 4.43. The van der Waals surface area contributed by atoms with Crippen LogP contribution in [0, 0.1) is 0 Å². The monoisotopic (exact) mass is 385 g/mol. The van der Waals surface area contributed by atoms with Crippen LogP contribution in [0.15, 0.2) is 85.1 Å². The second kappa shape index (κ2) is 8.56. The molecule has 4 aromatic rings. The summed E-state index contributed by atoms with van der Waals surface area (Å²) in [5.74, 6) is 0.690. The highest BCUT2D eigenvalue weighted by molar-refractivity contribution is 5.75. The molecule has 0 bridgehead atoms. The van der Waals surface area contributed by atoms with Gasteiger partial charge in [-0.1, -0.05) is 66.7 Å². The molecule has 6 heteroatoms. The van der Waals surface area contributed by atoms with Crippen molar-refractivity contribution in [3.63, 3.8) is 0 Å². The van der Waals surface area contributed by atoms with Crippen LogP contribution in [0.4, 0.5) is 4.79 Å². The fraction of sp³-hybridized carbons (Fsp3) is 0.174. The molecule has 2 atom stereocenters. The molecule has 146 valence electrons. The van der Waals surface area contributed by atoms with Gasteiger partial charge in [-0.2, -0.15) is 0 Å². The van der Waals surface area contributed by atoms with Crippen LogP contribution in [0.25, 0.3) is 5.65 Å². The second-order valence-electron chi connectivity index (χ2n) is 6.98. The van der Waals surface area contributed by atoms with Crippen LogP contribution >= 0.6 is 0 Å². The fourth-order valence-electron chi connectivity index (χ4n) is 3.40. The van der Waals surface area contributed by atoms with E-state index in [9.17, 15) is 4.79 Å². The van der Waals surface area contributed by atoms with E-state index in [2.05, 4.69) is 33.0 Å². The largest absolute Gasteiger partial charge is 0.331 e. The third-order valence-electron chi connectivity index (χ3n) is 4.86. The summed E-state index contributed by atoms with van der Waals surface area (Å²) in [6.45, 7) is 1.90. The molecule has 6 nitrogen and oxygen atoms in total. The van der Waals surface area contributed by atoms with Crippen molar-refractivity contribution >= 4 is 11.7 Å². The van der Waals surface area contributed by atoms with E-state index in [1.807, 2.05) is 84.3 Å². The van der Waals surface area contributed by atoms with Crippen molar-refractivity contribution in [2.45, 2.75) is 25.4 Å². The molecule has 0 radical (unpaired) electrons. The lowest BCUT2D eigenvalue weighted by Gasteiger charge is -2.21. The molecule has 0 aliphatic carbocycles. The number of pyridine rings is 1. The Morgan fingerprint density at radius 1 is 0.897 bits per heavy atom. The molecule has 0 fully saturated rings. The SMILES string of the molecule is C[C@@H](NC(=O)N[C@@H](Cc1ccccc1)c1ccccc1)c1nnc2ccccn12. The van der Waals surface area contributed by atoms with Gasteiger partial charge in [-0.25, -0.2) is 4.79 Å². The smallest absolute Gasteiger partial charge is 0.315 e. The Bertz CT molecular complexity index is 1080. The Hall–Kier alpha value is -3.67. The minimum absolute atomic E-state index is 0.138. The van der Waals surface area contributed by atoms with Gasteiger partial charge >= 0.3 is 6.03 Å². The number of benzene rings is 2. The van der Waals surface area contributed by atoms with Gasteiger partial charge in [0.15, 0.2) is 11.5 Å². The van der Waals surface area contributed by atoms with Crippen molar-refractivity contribution in [2.24, 2.45) is 0 Å². The van der Waals surface area contributed by atoms with E-state index >= 15 is 0 Å². The molecule has 0 aliphatic heterocycles. The Morgan fingerprint density at radius 2 is 1.59 bits per heavy atom. The first-order valence-corrected chi connectivity index (χ1v) is 9.66. The minimum atomic E-state index is -0.291. The Morgan fingerprint density at radius 3 is 2.34 bits per heavy atom. The molecule has 0 spiro atoms. The predicted molar refractivity (Wildman–Crippen MR) is 112 cm³/mol. The maximum Gasteiger partial charge on any atom is 0.315 e. The number of fused-ring (bicyclic) bond motifs is 1. The van der Waals surface area contributed by atoms with Gasteiger partial charge in [-0.3, -0.25) is 4.40 Å². The van der Waals surface area contributed by atoms with Gasteiger partial charge < -0.3 is 10.6 Å².